The highest BCUT2D eigenvalue weighted by Gasteiger charge is 2.26. The number of benzene rings is 1. The molecule has 1 aromatic carbocycles. The first-order valence-corrected chi connectivity index (χ1v) is 8.47. The van der Waals surface area contributed by atoms with E-state index in [0.29, 0.717) is 37.9 Å². The molecule has 2 heterocycles. The third kappa shape index (κ3) is 4.27. The molecule has 1 unspecified atom stereocenters. The molecule has 0 radical (unpaired) electrons. The average molecular weight is 332 g/mol. The van der Waals surface area contributed by atoms with Crippen LogP contribution in [0, 0.1) is 6.92 Å². The van der Waals surface area contributed by atoms with E-state index in [1.165, 1.54) is 11.5 Å². The number of amides is 1. The number of morpholine rings is 1. The number of ether oxygens (including phenoxy) is 1. The van der Waals surface area contributed by atoms with E-state index in [1.54, 1.807) is 0 Å². The quantitative estimate of drug-likeness (QED) is 0.903. The van der Waals surface area contributed by atoms with Crippen LogP contribution in [0.4, 0.5) is 5.13 Å². The summed E-state index contributed by atoms with van der Waals surface area (Å²) in [7, 11) is 0. The molecule has 0 aliphatic carbocycles. The van der Waals surface area contributed by atoms with Crippen molar-refractivity contribution < 1.29 is 9.53 Å². The second-order valence-electron chi connectivity index (χ2n) is 5.47. The van der Waals surface area contributed by atoms with Gasteiger partial charge in [-0.3, -0.25) is 4.79 Å². The zero-order chi connectivity index (χ0) is 16.1. The molecular formula is C16H20N4O2S. The number of aromatic nitrogens is 2. The topological polar surface area (TPSA) is 67.4 Å². The van der Waals surface area contributed by atoms with Crippen LogP contribution in [0.15, 0.2) is 30.3 Å². The molecule has 7 heteroatoms. The highest BCUT2D eigenvalue weighted by molar-refractivity contribution is 7.09. The first-order valence-electron chi connectivity index (χ1n) is 7.69. The molecule has 0 spiro atoms. The summed E-state index contributed by atoms with van der Waals surface area (Å²) in [5.41, 5.74) is 1.12. The summed E-state index contributed by atoms with van der Waals surface area (Å²) < 4.78 is 9.51. The molecule has 1 saturated heterocycles. The molecule has 0 saturated carbocycles. The van der Waals surface area contributed by atoms with Crippen molar-refractivity contribution in [3.8, 4) is 0 Å². The van der Waals surface area contributed by atoms with Crippen LogP contribution in [0.3, 0.4) is 0 Å². The van der Waals surface area contributed by atoms with E-state index in [2.05, 4.69) is 14.7 Å². The summed E-state index contributed by atoms with van der Waals surface area (Å²) in [5.74, 6) is 0.805. The van der Waals surface area contributed by atoms with Gasteiger partial charge in [0.05, 0.1) is 13.2 Å². The Kier molecular flexibility index (Phi) is 5.19. The van der Waals surface area contributed by atoms with Gasteiger partial charge in [-0.05, 0) is 12.5 Å². The van der Waals surface area contributed by atoms with Gasteiger partial charge in [-0.15, -0.1) is 0 Å². The van der Waals surface area contributed by atoms with E-state index < -0.39 is 0 Å². The summed E-state index contributed by atoms with van der Waals surface area (Å²) in [5, 5.41) is 3.94. The molecule has 3 rings (SSSR count). The number of carbonyl (C=O) groups is 1. The minimum absolute atomic E-state index is 0.0880. The maximum atomic E-state index is 12.9. The van der Waals surface area contributed by atoms with Crippen LogP contribution in [0.5, 0.6) is 0 Å². The van der Waals surface area contributed by atoms with Crippen molar-refractivity contribution in [2.75, 3.05) is 31.6 Å². The summed E-state index contributed by atoms with van der Waals surface area (Å²) in [6.45, 7) is 4.32. The van der Waals surface area contributed by atoms with Crippen LogP contribution < -0.4 is 5.32 Å². The molecule has 122 valence electrons. The fourth-order valence-corrected chi connectivity index (χ4v) is 3.19. The maximum Gasteiger partial charge on any atom is 0.245 e. The van der Waals surface area contributed by atoms with Gasteiger partial charge in [-0.25, -0.2) is 4.98 Å². The Balaban J connectivity index is 1.75. The van der Waals surface area contributed by atoms with Gasteiger partial charge in [0.2, 0.25) is 11.0 Å². The lowest BCUT2D eigenvalue weighted by atomic mass is 10.0. The second kappa shape index (κ2) is 7.52. The minimum Gasteiger partial charge on any atom is -0.378 e. The van der Waals surface area contributed by atoms with Crippen LogP contribution >= 0.6 is 11.5 Å². The SMILES string of the molecule is Cc1nsc(NC(Cc2ccccc2)C(=O)N2CCOCC2)n1. The van der Waals surface area contributed by atoms with Gasteiger partial charge in [0.1, 0.15) is 11.9 Å². The van der Waals surface area contributed by atoms with Crippen molar-refractivity contribution in [2.45, 2.75) is 19.4 Å². The molecule has 1 atom stereocenters. The van der Waals surface area contributed by atoms with Crippen molar-refractivity contribution in [3.05, 3.63) is 41.7 Å². The molecule has 0 bridgehead atoms. The highest BCUT2D eigenvalue weighted by Crippen LogP contribution is 2.16. The Bertz CT molecular complexity index is 641. The number of nitrogens with one attached hydrogen (secondary N) is 1. The predicted molar refractivity (Wildman–Crippen MR) is 89.6 cm³/mol. The average Bonchev–Trinajstić information content (AvgIpc) is 3.00. The molecular weight excluding hydrogens is 312 g/mol. The molecule has 1 fully saturated rings. The molecule has 1 N–H and O–H groups in total. The van der Waals surface area contributed by atoms with Crippen LogP contribution in [0.25, 0.3) is 0 Å². The van der Waals surface area contributed by atoms with Crippen LogP contribution in [0.2, 0.25) is 0 Å². The zero-order valence-corrected chi connectivity index (χ0v) is 13.9. The highest BCUT2D eigenvalue weighted by atomic mass is 32.1. The van der Waals surface area contributed by atoms with Crippen molar-refractivity contribution in [1.82, 2.24) is 14.3 Å². The second-order valence-corrected chi connectivity index (χ2v) is 6.22. The van der Waals surface area contributed by atoms with E-state index in [0.717, 1.165) is 11.4 Å². The molecule has 2 aromatic rings. The van der Waals surface area contributed by atoms with Crippen molar-refractivity contribution in [2.24, 2.45) is 0 Å². The van der Waals surface area contributed by atoms with E-state index >= 15 is 0 Å². The Hall–Kier alpha value is -1.99. The summed E-state index contributed by atoms with van der Waals surface area (Å²) in [6.07, 6.45) is 0.621. The summed E-state index contributed by atoms with van der Waals surface area (Å²) in [4.78, 5) is 19.1. The number of carbonyl (C=O) groups excluding carboxylic acids is 1. The first-order chi connectivity index (χ1) is 11.2. The normalized spacial score (nSPS) is 16.1. The van der Waals surface area contributed by atoms with Crippen LogP contribution in [-0.4, -0.2) is 52.5 Å². The number of aryl methyl sites for hydroxylation is 1. The lowest BCUT2D eigenvalue weighted by molar-refractivity contribution is -0.136. The third-order valence-electron chi connectivity index (χ3n) is 3.73. The number of nitrogens with zero attached hydrogens (tertiary/aromatic N) is 3. The van der Waals surface area contributed by atoms with E-state index in [1.807, 2.05) is 42.2 Å². The molecule has 1 aromatic heterocycles. The van der Waals surface area contributed by atoms with Gasteiger partial charge in [-0.1, -0.05) is 30.3 Å². The van der Waals surface area contributed by atoms with Gasteiger partial charge < -0.3 is 15.0 Å². The fourth-order valence-electron chi connectivity index (χ4n) is 2.56. The van der Waals surface area contributed by atoms with Crippen molar-refractivity contribution >= 4 is 22.6 Å². The molecule has 23 heavy (non-hydrogen) atoms. The molecule has 6 nitrogen and oxygen atoms in total. The largest absolute Gasteiger partial charge is 0.378 e. The van der Waals surface area contributed by atoms with E-state index in [-0.39, 0.29) is 11.9 Å². The van der Waals surface area contributed by atoms with Crippen LogP contribution in [0.1, 0.15) is 11.4 Å². The van der Waals surface area contributed by atoms with E-state index in [4.69, 9.17) is 4.74 Å². The molecule has 1 aliphatic rings. The number of hydrogen-bond donors (Lipinski definition) is 1. The Labute approximate surface area is 139 Å². The van der Waals surface area contributed by atoms with E-state index in [9.17, 15) is 4.79 Å². The standard InChI is InChI=1S/C16H20N4O2S/c1-12-17-16(23-19-12)18-14(11-13-5-3-2-4-6-13)15(21)20-7-9-22-10-8-20/h2-6,14H,7-11H2,1H3,(H,17,18,19). The Morgan fingerprint density at radius 3 is 2.74 bits per heavy atom. The number of anilines is 1. The number of hydrogen-bond acceptors (Lipinski definition) is 6. The minimum atomic E-state index is -0.345. The van der Waals surface area contributed by atoms with Gasteiger partial charge >= 0.3 is 0 Å². The van der Waals surface area contributed by atoms with Gasteiger partial charge in [0.15, 0.2) is 0 Å². The lowest BCUT2D eigenvalue weighted by Crippen LogP contribution is -2.48. The first kappa shape index (κ1) is 15.9. The zero-order valence-electron chi connectivity index (χ0n) is 13.1. The third-order valence-corrected chi connectivity index (χ3v) is 4.47. The lowest BCUT2D eigenvalue weighted by Gasteiger charge is -2.30. The van der Waals surface area contributed by atoms with Gasteiger partial charge in [0, 0.05) is 31.0 Å². The summed E-state index contributed by atoms with van der Waals surface area (Å²) in [6, 6.07) is 9.67. The van der Waals surface area contributed by atoms with Crippen molar-refractivity contribution in [1.29, 1.82) is 0 Å². The summed E-state index contributed by atoms with van der Waals surface area (Å²) >= 11 is 1.28. The Morgan fingerprint density at radius 1 is 1.35 bits per heavy atom. The fraction of sp³-hybridized carbons (Fsp3) is 0.438. The van der Waals surface area contributed by atoms with Crippen molar-refractivity contribution in [3.63, 3.8) is 0 Å². The number of rotatable bonds is 5. The molecule has 1 aliphatic heterocycles. The van der Waals surface area contributed by atoms with Gasteiger partial charge in [-0.2, -0.15) is 4.37 Å². The maximum absolute atomic E-state index is 12.9. The van der Waals surface area contributed by atoms with Gasteiger partial charge in [0.25, 0.3) is 0 Å². The monoisotopic (exact) mass is 332 g/mol. The molecule has 1 amide bonds. The predicted octanol–water partition coefficient (Wildman–Crippen LogP) is 1.73. The Morgan fingerprint density at radius 2 is 2.09 bits per heavy atom. The smallest absolute Gasteiger partial charge is 0.245 e. The van der Waals surface area contributed by atoms with Crippen LogP contribution in [-0.2, 0) is 16.0 Å².